The van der Waals surface area contributed by atoms with Crippen LogP contribution in [0.5, 0.6) is 5.75 Å². The largest absolute Gasteiger partial charge is 0.493 e. The van der Waals surface area contributed by atoms with Crippen molar-refractivity contribution in [2.45, 2.75) is 24.2 Å². The Morgan fingerprint density at radius 2 is 2.05 bits per heavy atom. The van der Waals surface area contributed by atoms with Gasteiger partial charge in [-0.1, -0.05) is 0 Å². The number of benzene rings is 1. The topological polar surface area (TPSA) is 72.6 Å². The van der Waals surface area contributed by atoms with E-state index in [1.807, 2.05) is 0 Å². The highest BCUT2D eigenvalue weighted by atomic mass is 32.2. The van der Waals surface area contributed by atoms with E-state index in [1.54, 1.807) is 22.5 Å². The molecule has 0 spiro atoms. The summed E-state index contributed by atoms with van der Waals surface area (Å²) in [6.07, 6.45) is 2.49. The quantitative estimate of drug-likeness (QED) is 0.902. The van der Waals surface area contributed by atoms with E-state index in [1.165, 1.54) is 0 Å². The van der Waals surface area contributed by atoms with Gasteiger partial charge in [-0.25, -0.2) is 8.42 Å². The Morgan fingerprint density at radius 3 is 2.75 bits per heavy atom. The highest BCUT2D eigenvalue weighted by molar-refractivity contribution is 7.89. The molecule has 0 bridgehead atoms. The minimum Gasteiger partial charge on any atom is -0.493 e. The molecule has 0 radical (unpaired) electrons. The Morgan fingerprint density at radius 1 is 1.30 bits per heavy atom. The molecular weight excluding hydrogens is 276 g/mol. The molecule has 0 saturated carbocycles. The molecule has 2 aliphatic rings. The van der Waals surface area contributed by atoms with Crippen LogP contribution in [-0.4, -0.2) is 39.0 Å². The monoisotopic (exact) mass is 296 g/mol. The SMILES string of the molecule is NCC1CCN(S(=O)(=O)c2ccc3c(c2)CCO3)CC1. The lowest BCUT2D eigenvalue weighted by molar-refractivity contribution is 0.278. The van der Waals surface area contributed by atoms with Gasteiger partial charge in [-0.3, -0.25) is 0 Å². The second-order valence-corrected chi connectivity index (χ2v) is 7.39. The van der Waals surface area contributed by atoms with Crippen LogP contribution in [0, 0.1) is 5.92 Å². The van der Waals surface area contributed by atoms with Crippen LogP contribution < -0.4 is 10.5 Å². The zero-order valence-corrected chi connectivity index (χ0v) is 12.2. The predicted octanol–water partition coefficient (Wildman–Crippen LogP) is 0.981. The molecule has 2 aliphatic heterocycles. The van der Waals surface area contributed by atoms with Gasteiger partial charge in [0, 0.05) is 19.5 Å². The van der Waals surface area contributed by atoms with Crippen molar-refractivity contribution in [3.05, 3.63) is 23.8 Å². The molecule has 5 nitrogen and oxygen atoms in total. The van der Waals surface area contributed by atoms with Crippen LogP contribution in [0.15, 0.2) is 23.1 Å². The summed E-state index contributed by atoms with van der Waals surface area (Å²) in [5.41, 5.74) is 6.64. The molecule has 20 heavy (non-hydrogen) atoms. The number of fused-ring (bicyclic) bond motifs is 1. The lowest BCUT2D eigenvalue weighted by Gasteiger charge is -2.30. The molecule has 0 aromatic heterocycles. The lowest BCUT2D eigenvalue weighted by atomic mass is 9.99. The number of hydrogen-bond acceptors (Lipinski definition) is 4. The Bertz CT molecular complexity index is 592. The third-order valence-electron chi connectivity index (χ3n) is 4.21. The van der Waals surface area contributed by atoms with Gasteiger partial charge in [0.25, 0.3) is 0 Å². The van der Waals surface area contributed by atoms with E-state index in [-0.39, 0.29) is 0 Å². The highest BCUT2D eigenvalue weighted by Gasteiger charge is 2.29. The van der Waals surface area contributed by atoms with Crippen LogP contribution in [0.2, 0.25) is 0 Å². The standard InChI is InChI=1S/C14H20N2O3S/c15-10-11-3-6-16(7-4-11)20(17,18)13-1-2-14-12(9-13)5-8-19-14/h1-2,9,11H,3-8,10,15H2. The molecule has 0 aliphatic carbocycles. The summed E-state index contributed by atoms with van der Waals surface area (Å²) in [6.45, 7) is 2.42. The first-order valence-electron chi connectivity index (χ1n) is 7.07. The average Bonchev–Trinajstić information content (AvgIpc) is 2.94. The van der Waals surface area contributed by atoms with Crippen molar-refractivity contribution in [1.82, 2.24) is 4.31 Å². The summed E-state index contributed by atoms with van der Waals surface area (Å²) in [5.74, 6) is 1.26. The van der Waals surface area contributed by atoms with E-state index >= 15 is 0 Å². The summed E-state index contributed by atoms with van der Waals surface area (Å²) in [7, 11) is -3.38. The van der Waals surface area contributed by atoms with Crippen molar-refractivity contribution in [3.8, 4) is 5.75 Å². The first kappa shape index (κ1) is 13.9. The molecule has 0 amide bonds. The van der Waals surface area contributed by atoms with Crippen LogP contribution >= 0.6 is 0 Å². The van der Waals surface area contributed by atoms with Gasteiger partial charge in [0.05, 0.1) is 11.5 Å². The number of piperidine rings is 1. The maximum atomic E-state index is 12.6. The molecule has 1 fully saturated rings. The van der Waals surface area contributed by atoms with Gasteiger partial charge < -0.3 is 10.5 Å². The number of nitrogens with zero attached hydrogens (tertiary/aromatic N) is 1. The van der Waals surface area contributed by atoms with E-state index in [2.05, 4.69) is 0 Å². The molecule has 1 aromatic rings. The molecule has 2 heterocycles. The molecule has 1 aromatic carbocycles. The van der Waals surface area contributed by atoms with Gasteiger partial charge in [0.2, 0.25) is 10.0 Å². The summed E-state index contributed by atoms with van der Waals surface area (Å²) in [4.78, 5) is 0.382. The normalized spacial score (nSPS) is 20.6. The van der Waals surface area contributed by atoms with Crippen LogP contribution in [0.1, 0.15) is 18.4 Å². The summed E-state index contributed by atoms with van der Waals surface area (Å²) >= 11 is 0. The van der Waals surface area contributed by atoms with Crippen LogP contribution in [0.3, 0.4) is 0 Å². The van der Waals surface area contributed by atoms with Gasteiger partial charge in [-0.15, -0.1) is 0 Å². The van der Waals surface area contributed by atoms with Crippen molar-refractivity contribution in [2.75, 3.05) is 26.2 Å². The van der Waals surface area contributed by atoms with E-state index in [0.29, 0.717) is 37.1 Å². The smallest absolute Gasteiger partial charge is 0.243 e. The fourth-order valence-electron chi connectivity index (χ4n) is 2.86. The molecule has 3 rings (SSSR count). The van der Waals surface area contributed by atoms with Gasteiger partial charge in [-0.2, -0.15) is 4.31 Å². The molecule has 0 unspecified atom stereocenters. The number of hydrogen-bond donors (Lipinski definition) is 1. The fourth-order valence-corrected chi connectivity index (χ4v) is 4.38. The van der Waals surface area contributed by atoms with Gasteiger partial charge in [0.1, 0.15) is 5.75 Å². The van der Waals surface area contributed by atoms with Crippen LogP contribution in [0.25, 0.3) is 0 Å². The van der Waals surface area contributed by atoms with Crippen LogP contribution in [0.4, 0.5) is 0 Å². The average molecular weight is 296 g/mol. The highest BCUT2D eigenvalue weighted by Crippen LogP contribution is 2.30. The summed E-state index contributed by atoms with van der Waals surface area (Å²) < 4.78 is 32.3. The van der Waals surface area contributed by atoms with Crippen molar-refractivity contribution in [3.63, 3.8) is 0 Å². The fraction of sp³-hybridized carbons (Fsp3) is 0.571. The zero-order chi connectivity index (χ0) is 14.2. The molecule has 2 N–H and O–H groups in total. The van der Waals surface area contributed by atoms with Crippen LogP contribution in [-0.2, 0) is 16.4 Å². The minimum absolute atomic E-state index is 0.382. The van der Waals surface area contributed by atoms with Crippen molar-refractivity contribution in [2.24, 2.45) is 11.7 Å². The second kappa shape index (κ2) is 5.35. The molecule has 1 saturated heterocycles. The number of nitrogens with two attached hydrogens (primary N) is 1. The molecule has 0 atom stereocenters. The van der Waals surface area contributed by atoms with E-state index in [9.17, 15) is 8.42 Å². The van der Waals surface area contributed by atoms with E-state index in [4.69, 9.17) is 10.5 Å². The van der Waals surface area contributed by atoms with Gasteiger partial charge in [0.15, 0.2) is 0 Å². The minimum atomic E-state index is -3.38. The maximum Gasteiger partial charge on any atom is 0.243 e. The van der Waals surface area contributed by atoms with Gasteiger partial charge in [-0.05, 0) is 49.1 Å². The summed E-state index contributed by atoms with van der Waals surface area (Å²) in [5, 5.41) is 0. The van der Waals surface area contributed by atoms with E-state index in [0.717, 1.165) is 30.6 Å². The second-order valence-electron chi connectivity index (χ2n) is 5.45. The Hall–Kier alpha value is -1.11. The molecular formula is C14H20N2O3S. The first-order chi connectivity index (χ1) is 9.61. The molecule has 110 valence electrons. The Balaban J connectivity index is 1.82. The summed E-state index contributed by atoms with van der Waals surface area (Å²) in [6, 6.07) is 5.17. The van der Waals surface area contributed by atoms with Gasteiger partial charge >= 0.3 is 0 Å². The van der Waals surface area contributed by atoms with E-state index < -0.39 is 10.0 Å². The zero-order valence-electron chi connectivity index (χ0n) is 11.4. The number of sulfonamides is 1. The van der Waals surface area contributed by atoms with Crippen molar-refractivity contribution in [1.29, 1.82) is 0 Å². The Kier molecular flexibility index (Phi) is 3.70. The van der Waals surface area contributed by atoms with Crippen molar-refractivity contribution >= 4 is 10.0 Å². The number of ether oxygens (including phenoxy) is 1. The Labute approximate surface area is 119 Å². The number of rotatable bonds is 3. The lowest BCUT2D eigenvalue weighted by Crippen LogP contribution is -2.40. The first-order valence-corrected chi connectivity index (χ1v) is 8.51. The maximum absolute atomic E-state index is 12.6. The van der Waals surface area contributed by atoms with Crippen molar-refractivity contribution < 1.29 is 13.2 Å². The third kappa shape index (κ3) is 2.43. The predicted molar refractivity (Wildman–Crippen MR) is 76.2 cm³/mol. The molecule has 6 heteroatoms. The third-order valence-corrected chi connectivity index (χ3v) is 6.10.